The van der Waals surface area contributed by atoms with Crippen molar-refractivity contribution in [3.63, 3.8) is 0 Å². The Morgan fingerprint density at radius 1 is 1.07 bits per heavy atom. The number of carbonyl (C=O) groups excluding carboxylic acids is 1. The number of aromatic nitrogens is 4. The Morgan fingerprint density at radius 3 is 2.56 bits per heavy atom. The number of ether oxygens (including phenoxy) is 2. The summed E-state index contributed by atoms with van der Waals surface area (Å²) in [6.07, 6.45) is 0. The van der Waals surface area contributed by atoms with Crippen LogP contribution in [0.3, 0.4) is 0 Å². The van der Waals surface area contributed by atoms with E-state index in [4.69, 9.17) is 14.5 Å². The summed E-state index contributed by atoms with van der Waals surface area (Å²) in [5.41, 5.74) is 3.63. The van der Waals surface area contributed by atoms with E-state index >= 15 is 0 Å². The summed E-state index contributed by atoms with van der Waals surface area (Å²) in [5, 5.41) is 1.02. The molecule has 138 valence electrons. The molecular weight excluding hydrogens is 412 g/mol. The minimum Gasteiger partial charge on any atom is -0.494 e. The van der Waals surface area contributed by atoms with Crippen molar-refractivity contribution in [3.8, 4) is 17.3 Å². The van der Waals surface area contributed by atoms with E-state index in [2.05, 4.69) is 20.9 Å². The van der Waals surface area contributed by atoms with Gasteiger partial charge in [0.2, 0.25) is 0 Å². The second-order valence-electron chi connectivity index (χ2n) is 6.17. The molecule has 0 amide bonds. The number of esters is 1. The maximum atomic E-state index is 12.0. The zero-order valence-corrected chi connectivity index (χ0v) is 16.9. The van der Waals surface area contributed by atoms with Gasteiger partial charge in [0.05, 0.1) is 31.0 Å². The van der Waals surface area contributed by atoms with E-state index in [0.29, 0.717) is 16.8 Å². The van der Waals surface area contributed by atoms with E-state index in [9.17, 15) is 4.79 Å². The van der Waals surface area contributed by atoms with Crippen LogP contribution in [0.4, 0.5) is 0 Å². The molecule has 0 unspecified atom stereocenters. The Morgan fingerprint density at radius 2 is 1.85 bits per heavy atom. The van der Waals surface area contributed by atoms with Gasteiger partial charge in [0.15, 0.2) is 5.82 Å². The summed E-state index contributed by atoms with van der Waals surface area (Å²) in [6.45, 7) is 0. The van der Waals surface area contributed by atoms with Crippen LogP contribution in [0.25, 0.3) is 33.6 Å². The lowest BCUT2D eigenvalue weighted by atomic mass is 10.2. The number of hydrogen-bond acceptors (Lipinski definition) is 5. The summed E-state index contributed by atoms with van der Waals surface area (Å²) < 4.78 is 15.1. The van der Waals surface area contributed by atoms with Gasteiger partial charge in [-0.25, -0.2) is 14.8 Å². The lowest BCUT2D eigenvalue weighted by Gasteiger charge is -2.08. The first-order valence-electron chi connectivity index (χ1n) is 8.19. The summed E-state index contributed by atoms with van der Waals surface area (Å²) in [5.74, 6) is 0.886. The van der Waals surface area contributed by atoms with Crippen molar-refractivity contribution in [1.82, 2.24) is 19.1 Å². The third kappa shape index (κ3) is 2.68. The number of rotatable bonds is 3. The van der Waals surface area contributed by atoms with Crippen molar-refractivity contribution in [2.45, 2.75) is 0 Å². The van der Waals surface area contributed by atoms with Crippen molar-refractivity contribution in [2.24, 2.45) is 14.1 Å². The average molecular weight is 429 g/mol. The van der Waals surface area contributed by atoms with E-state index in [0.717, 1.165) is 32.7 Å². The predicted molar refractivity (Wildman–Crippen MR) is 106 cm³/mol. The Hall–Kier alpha value is -2.87. The van der Waals surface area contributed by atoms with Crippen LogP contribution in [-0.4, -0.2) is 39.3 Å². The summed E-state index contributed by atoms with van der Waals surface area (Å²) in [6, 6.07) is 9.34. The molecule has 4 aromatic rings. The zero-order valence-electron chi connectivity index (χ0n) is 15.3. The number of fused-ring (bicyclic) bond motifs is 2. The molecule has 0 saturated heterocycles. The van der Waals surface area contributed by atoms with Gasteiger partial charge in [-0.1, -0.05) is 0 Å². The Kier molecular flexibility index (Phi) is 4.15. The second-order valence-corrected chi connectivity index (χ2v) is 6.98. The highest BCUT2D eigenvalue weighted by Gasteiger charge is 2.20. The number of carbonyl (C=O) groups is 1. The molecule has 3 aromatic heterocycles. The lowest BCUT2D eigenvalue weighted by Crippen LogP contribution is -2.02. The molecule has 0 atom stereocenters. The molecule has 0 spiro atoms. The predicted octanol–water partition coefficient (Wildman–Crippen LogP) is 3.68. The maximum absolute atomic E-state index is 12.0. The number of pyridine rings is 1. The van der Waals surface area contributed by atoms with Crippen LogP contribution < -0.4 is 4.74 Å². The number of halogens is 1. The standard InChI is InChI=1S/C19H17BrN4O3/c1-23-13(8-10-5-6-15(20)22-17(10)23)18-21-12-7-11(19(25)27-4)9-14(26-3)16(12)24(18)2/h5-9H,1-4H3. The van der Waals surface area contributed by atoms with Crippen LogP contribution in [0.2, 0.25) is 0 Å². The summed E-state index contributed by atoms with van der Waals surface area (Å²) >= 11 is 3.42. The lowest BCUT2D eigenvalue weighted by molar-refractivity contribution is 0.0600. The summed E-state index contributed by atoms with van der Waals surface area (Å²) in [4.78, 5) is 21.3. The molecule has 8 heteroatoms. The van der Waals surface area contributed by atoms with Crippen LogP contribution in [0.15, 0.2) is 34.9 Å². The fourth-order valence-electron chi connectivity index (χ4n) is 3.32. The van der Waals surface area contributed by atoms with E-state index in [1.54, 1.807) is 19.2 Å². The van der Waals surface area contributed by atoms with Crippen molar-refractivity contribution in [2.75, 3.05) is 14.2 Å². The second kappa shape index (κ2) is 6.38. The fraction of sp³-hybridized carbons (Fsp3) is 0.211. The normalized spacial score (nSPS) is 11.3. The molecule has 0 aliphatic heterocycles. The van der Waals surface area contributed by atoms with Crippen molar-refractivity contribution in [3.05, 3.63) is 40.5 Å². The Balaban J connectivity index is 1.99. The van der Waals surface area contributed by atoms with Gasteiger partial charge in [0, 0.05) is 19.5 Å². The molecule has 1 aromatic carbocycles. The van der Waals surface area contributed by atoms with Gasteiger partial charge in [-0.15, -0.1) is 0 Å². The van der Waals surface area contributed by atoms with Crippen molar-refractivity contribution >= 4 is 44.0 Å². The van der Waals surface area contributed by atoms with E-state index in [-0.39, 0.29) is 0 Å². The molecular formula is C19H17BrN4O3. The van der Waals surface area contributed by atoms with Crippen molar-refractivity contribution in [1.29, 1.82) is 0 Å². The molecule has 0 N–H and O–H groups in total. The molecule has 0 aliphatic rings. The first-order valence-corrected chi connectivity index (χ1v) is 8.99. The van der Waals surface area contributed by atoms with E-state index < -0.39 is 5.97 Å². The number of nitrogens with zero attached hydrogens (tertiary/aromatic N) is 4. The van der Waals surface area contributed by atoms with Gasteiger partial charge in [-0.3, -0.25) is 0 Å². The highest BCUT2D eigenvalue weighted by molar-refractivity contribution is 9.10. The third-order valence-electron chi connectivity index (χ3n) is 4.65. The molecule has 4 rings (SSSR count). The topological polar surface area (TPSA) is 71.2 Å². The maximum Gasteiger partial charge on any atom is 0.338 e. The van der Waals surface area contributed by atoms with Gasteiger partial charge in [-0.05, 0) is 46.3 Å². The van der Waals surface area contributed by atoms with Gasteiger partial charge >= 0.3 is 5.97 Å². The first-order chi connectivity index (χ1) is 12.9. The van der Waals surface area contributed by atoms with Gasteiger partial charge in [-0.2, -0.15) is 0 Å². The minimum atomic E-state index is -0.430. The van der Waals surface area contributed by atoms with Gasteiger partial charge in [0.1, 0.15) is 21.5 Å². The average Bonchev–Trinajstić information content (AvgIpc) is 3.17. The number of benzene rings is 1. The first kappa shape index (κ1) is 17.5. The highest BCUT2D eigenvalue weighted by Crippen LogP contribution is 2.33. The van der Waals surface area contributed by atoms with Gasteiger partial charge < -0.3 is 18.6 Å². The number of aryl methyl sites for hydroxylation is 2. The minimum absolute atomic E-state index is 0.397. The molecule has 7 nitrogen and oxygen atoms in total. The third-order valence-corrected chi connectivity index (χ3v) is 5.09. The number of methoxy groups -OCH3 is 2. The SMILES string of the molecule is COC(=O)c1cc(OC)c2c(c1)nc(-c1cc3ccc(Br)nc3n1C)n2C. The Labute approximate surface area is 163 Å². The molecule has 3 heterocycles. The van der Waals surface area contributed by atoms with Crippen LogP contribution in [0, 0.1) is 0 Å². The monoisotopic (exact) mass is 428 g/mol. The fourth-order valence-corrected chi connectivity index (χ4v) is 3.62. The summed E-state index contributed by atoms with van der Waals surface area (Å²) in [7, 11) is 6.80. The number of hydrogen-bond donors (Lipinski definition) is 0. The zero-order chi connectivity index (χ0) is 19.3. The molecule has 0 radical (unpaired) electrons. The Bertz CT molecular complexity index is 1210. The molecule has 0 aliphatic carbocycles. The van der Waals surface area contributed by atoms with Crippen molar-refractivity contribution < 1.29 is 14.3 Å². The largest absolute Gasteiger partial charge is 0.494 e. The van der Waals surface area contributed by atoms with Crippen LogP contribution in [-0.2, 0) is 18.8 Å². The molecule has 0 saturated carbocycles. The molecule has 0 bridgehead atoms. The van der Waals surface area contributed by atoms with E-state index in [1.807, 2.05) is 41.4 Å². The molecule has 0 fully saturated rings. The quantitative estimate of drug-likeness (QED) is 0.367. The molecule has 27 heavy (non-hydrogen) atoms. The smallest absolute Gasteiger partial charge is 0.338 e. The highest BCUT2D eigenvalue weighted by atomic mass is 79.9. The van der Waals surface area contributed by atoms with Crippen LogP contribution in [0.5, 0.6) is 5.75 Å². The van der Waals surface area contributed by atoms with E-state index in [1.165, 1.54) is 7.11 Å². The van der Waals surface area contributed by atoms with Crippen LogP contribution in [0.1, 0.15) is 10.4 Å². The van der Waals surface area contributed by atoms with Gasteiger partial charge in [0.25, 0.3) is 0 Å². The number of imidazole rings is 1. The van der Waals surface area contributed by atoms with Crippen LogP contribution >= 0.6 is 15.9 Å².